The van der Waals surface area contributed by atoms with Crippen molar-refractivity contribution in [2.45, 2.75) is 26.3 Å². The van der Waals surface area contributed by atoms with Crippen LogP contribution in [0.1, 0.15) is 36.7 Å². The number of carbonyl (C=O) groups excluding carboxylic acids is 1. The van der Waals surface area contributed by atoms with Gasteiger partial charge in [0.05, 0.1) is 0 Å². The van der Waals surface area contributed by atoms with Crippen LogP contribution in [0.25, 0.3) is 6.08 Å². The minimum absolute atomic E-state index is 0.0408. The maximum absolute atomic E-state index is 12.2. The molecule has 0 radical (unpaired) electrons. The van der Waals surface area contributed by atoms with Gasteiger partial charge in [-0.15, -0.1) is 0 Å². The molecule has 3 nitrogen and oxygen atoms in total. The summed E-state index contributed by atoms with van der Waals surface area (Å²) in [5, 5.41) is 13.3. The molecule has 0 aliphatic heterocycles. The minimum atomic E-state index is -0.383. The monoisotopic (exact) mass is 295 g/mol. The number of anilines is 1. The lowest BCUT2D eigenvalue weighted by Crippen LogP contribution is -2.25. The number of nitrogens with one attached hydrogen (secondary N) is 1. The zero-order valence-corrected chi connectivity index (χ0v) is 13.1. The number of ketones is 1. The fraction of sp³-hybridized carbons (Fsp3) is 0.211. The van der Waals surface area contributed by atoms with Gasteiger partial charge < -0.3 is 10.4 Å². The van der Waals surface area contributed by atoms with Crippen LogP contribution in [-0.4, -0.2) is 16.4 Å². The number of hydrogen-bond acceptors (Lipinski definition) is 3. The van der Waals surface area contributed by atoms with Gasteiger partial charge in [0.15, 0.2) is 5.76 Å². The van der Waals surface area contributed by atoms with E-state index in [2.05, 4.69) is 26.1 Å². The zero-order chi connectivity index (χ0) is 16.2. The third-order valence-electron chi connectivity index (χ3n) is 3.00. The molecule has 0 spiro atoms. The van der Waals surface area contributed by atoms with E-state index in [-0.39, 0.29) is 17.1 Å². The van der Waals surface area contributed by atoms with Crippen LogP contribution in [0.5, 0.6) is 0 Å². The maximum atomic E-state index is 12.2. The zero-order valence-electron chi connectivity index (χ0n) is 13.1. The van der Waals surface area contributed by atoms with Crippen LogP contribution in [0.15, 0.2) is 60.4 Å². The second kappa shape index (κ2) is 6.48. The number of aliphatic hydroxyl groups is 1. The lowest BCUT2D eigenvalue weighted by Gasteiger charge is -2.22. The molecular weight excluding hydrogens is 274 g/mol. The highest BCUT2D eigenvalue weighted by Crippen LogP contribution is 2.17. The normalized spacial score (nSPS) is 12.0. The van der Waals surface area contributed by atoms with E-state index in [0.29, 0.717) is 5.56 Å². The van der Waals surface area contributed by atoms with E-state index in [4.69, 9.17) is 0 Å². The first-order chi connectivity index (χ1) is 10.3. The molecule has 0 fully saturated rings. The summed E-state index contributed by atoms with van der Waals surface area (Å²) in [5.74, 6) is -0.645. The summed E-state index contributed by atoms with van der Waals surface area (Å²) < 4.78 is 0. The third-order valence-corrected chi connectivity index (χ3v) is 3.00. The number of carbonyl (C=O) groups is 1. The molecule has 0 amide bonds. The Morgan fingerprint density at radius 1 is 1.00 bits per heavy atom. The Bertz CT molecular complexity index is 665. The first kappa shape index (κ1) is 15.8. The SMILES string of the molecule is CC(C)(C)Nc1ccc(C(=O)/C(O)=C\c2ccccc2)cc1. The fourth-order valence-corrected chi connectivity index (χ4v) is 2.06. The number of hydrogen-bond donors (Lipinski definition) is 2. The van der Waals surface area contributed by atoms with Gasteiger partial charge in [0.2, 0.25) is 5.78 Å². The number of rotatable bonds is 4. The van der Waals surface area contributed by atoms with Gasteiger partial charge in [-0.2, -0.15) is 0 Å². The summed E-state index contributed by atoms with van der Waals surface area (Å²) >= 11 is 0. The molecule has 2 rings (SSSR count). The average molecular weight is 295 g/mol. The van der Waals surface area contributed by atoms with Gasteiger partial charge in [0.25, 0.3) is 0 Å². The van der Waals surface area contributed by atoms with E-state index in [9.17, 15) is 9.90 Å². The van der Waals surface area contributed by atoms with Crippen LogP contribution in [0, 0.1) is 0 Å². The van der Waals surface area contributed by atoms with Crippen molar-refractivity contribution in [3.05, 3.63) is 71.5 Å². The topological polar surface area (TPSA) is 49.3 Å². The Kier molecular flexibility index (Phi) is 4.66. The molecule has 0 saturated carbocycles. The van der Waals surface area contributed by atoms with E-state index in [1.54, 1.807) is 12.1 Å². The van der Waals surface area contributed by atoms with Crippen molar-refractivity contribution >= 4 is 17.5 Å². The first-order valence-corrected chi connectivity index (χ1v) is 7.24. The predicted molar refractivity (Wildman–Crippen MR) is 91.2 cm³/mol. The van der Waals surface area contributed by atoms with Crippen LogP contribution in [0.4, 0.5) is 5.69 Å². The van der Waals surface area contributed by atoms with E-state index in [1.807, 2.05) is 42.5 Å². The summed E-state index contributed by atoms with van der Waals surface area (Å²) in [5.41, 5.74) is 2.15. The fourth-order valence-electron chi connectivity index (χ4n) is 2.06. The van der Waals surface area contributed by atoms with Crippen molar-refractivity contribution in [1.82, 2.24) is 0 Å². The van der Waals surface area contributed by atoms with Gasteiger partial charge in [0.1, 0.15) is 0 Å². The summed E-state index contributed by atoms with van der Waals surface area (Å²) in [6.45, 7) is 6.21. The van der Waals surface area contributed by atoms with Crippen molar-refractivity contribution in [1.29, 1.82) is 0 Å². The molecule has 2 aromatic carbocycles. The molecule has 0 aliphatic rings. The highest BCUT2D eigenvalue weighted by Gasteiger charge is 2.13. The van der Waals surface area contributed by atoms with Crippen LogP contribution in [-0.2, 0) is 0 Å². The van der Waals surface area contributed by atoms with Crippen LogP contribution in [0.2, 0.25) is 0 Å². The molecule has 0 atom stereocenters. The van der Waals surface area contributed by atoms with Crippen molar-refractivity contribution in [3.8, 4) is 0 Å². The standard InChI is InChI=1S/C19H21NO2/c1-19(2,3)20-16-11-9-15(10-12-16)18(22)17(21)13-14-7-5-4-6-8-14/h4-13,20-21H,1-3H3/b17-13+. The lowest BCUT2D eigenvalue weighted by molar-refractivity contribution is 0.0980. The van der Waals surface area contributed by atoms with Crippen LogP contribution >= 0.6 is 0 Å². The van der Waals surface area contributed by atoms with Crippen molar-refractivity contribution in [3.63, 3.8) is 0 Å². The number of allylic oxidation sites excluding steroid dienone is 1. The molecule has 0 aliphatic carbocycles. The smallest absolute Gasteiger partial charge is 0.227 e. The Balaban J connectivity index is 2.14. The second-order valence-electron chi connectivity index (χ2n) is 6.22. The van der Waals surface area contributed by atoms with E-state index >= 15 is 0 Å². The lowest BCUT2D eigenvalue weighted by atomic mass is 10.1. The summed E-state index contributed by atoms with van der Waals surface area (Å²) in [4.78, 5) is 12.2. The molecule has 22 heavy (non-hydrogen) atoms. The summed E-state index contributed by atoms with van der Waals surface area (Å²) in [6.07, 6.45) is 1.48. The molecule has 0 unspecified atom stereocenters. The molecule has 2 aromatic rings. The Morgan fingerprint density at radius 3 is 2.14 bits per heavy atom. The third kappa shape index (κ3) is 4.48. The maximum Gasteiger partial charge on any atom is 0.227 e. The molecular formula is C19H21NO2. The van der Waals surface area contributed by atoms with Gasteiger partial charge in [-0.05, 0) is 56.7 Å². The predicted octanol–water partition coefficient (Wildman–Crippen LogP) is 4.68. The van der Waals surface area contributed by atoms with Crippen molar-refractivity contribution in [2.75, 3.05) is 5.32 Å². The summed E-state index contributed by atoms with van der Waals surface area (Å²) in [7, 11) is 0. The van der Waals surface area contributed by atoms with Crippen LogP contribution in [0.3, 0.4) is 0 Å². The number of aliphatic hydroxyl groups excluding tert-OH is 1. The number of Topliss-reactive ketones (excluding diaryl/α,β-unsaturated/α-hetero) is 1. The van der Waals surface area contributed by atoms with E-state index in [0.717, 1.165) is 11.3 Å². The molecule has 0 saturated heterocycles. The van der Waals surface area contributed by atoms with Gasteiger partial charge in [-0.25, -0.2) is 0 Å². The molecule has 0 heterocycles. The number of benzene rings is 2. The Hall–Kier alpha value is -2.55. The Morgan fingerprint density at radius 2 is 1.59 bits per heavy atom. The highest BCUT2D eigenvalue weighted by molar-refractivity contribution is 6.09. The molecule has 0 bridgehead atoms. The summed E-state index contributed by atoms with van der Waals surface area (Å²) in [6, 6.07) is 16.4. The minimum Gasteiger partial charge on any atom is -0.504 e. The quantitative estimate of drug-likeness (QED) is 0.489. The van der Waals surface area contributed by atoms with E-state index < -0.39 is 0 Å². The Labute approximate surface area is 131 Å². The largest absolute Gasteiger partial charge is 0.504 e. The molecule has 2 N–H and O–H groups in total. The first-order valence-electron chi connectivity index (χ1n) is 7.24. The average Bonchev–Trinajstić information content (AvgIpc) is 2.46. The highest BCUT2D eigenvalue weighted by atomic mass is 16.3. The van der Waals surface area contributed by atoms with Crippen molar-refractivity contribution in [2.24, 2.45) is 0 Å². The van der Waals surface area contributed by atoms with Gasteiger partial charge in [-0.1, -0.05) is 30.3 Å². The van der Waals surface area contributed by atoms with Gasteiger partial charge in [-0.3, -0.25) is 4.79 Å². The molecule has 3 heteroatoms. The molecule has 114 valence electrons. The molecule has 0 aromatic heterocycles. The van der Waals surface area contributed by atoms with Crippen molar-refractivity contribution < 1.29 is 9.90 Å². The van der Waals surface area contributed by atoms with Crippen LogP contribution < -0.4 is 5.32 Å². The van der Waals surface area contributed by atoms with Gasteiger partial charge >= 0.3 is 0 Å². The second-order valence-corrected chi connectivity index (χ2v) is 6.22. The van der Waals surface area contributed by atoms with E-state index in [1.165, 1.54) is 6.08 Å². The van der Waals surface area contributed by atoms with Gasteiger partial charge in [0, 0.05) is 16.8 Å².